The molecule has 0 N–H and O–H groups in total. The number of rotatable bonds is 7. The van der Waals surface area contributed by atoms with E-state index >= 15 is 0 Å². The summed E-state index contributed by atoms with van der Waals surface area (Å²) < 4.78 is 10.1. The molecule has 0 radical (unpaired) electrons. The fraction of sp³-hybridized carbons (Fsp3) is 0.500. The summed E-state index contributed by atoms with van der Waals surface area (Å²) in [6.07, 6.45) is 0. The van der Waals surface area contributed by atoms with E-state index in [1.54, 1.807) is 19.1 Å². The third-order valence-corrected chi connectivity index (χ3v) is 2.79. The standard InChI is InChI=1S/C14H21NO3/c1-12-6-4-5-7-13(12)14(16)15(8-10-17-2)9-11-18-3/h4-7H,8-11H2,1-3H3. The van der Waals surface area contributed by atoms with Crippen molar-refractivity contribution in [2.75, 3.05) is 40.5 Å². The second kappa shape index (κ2) is 7.84. The Hall–Kier alpha value is -1.39. The smallest absolute Gasteiger partial charge is 0.254 e. The molecule has 1 rings (SSSR count). The maximum atomic E-state index is 12.4. The largest absolute Gasteiger partial charge is 0.383 e. The maximum absolute atomic E-state index is 12.4. The van der Waals surface area contributed by atoms with Gasteiger partial charge in [-0.25, -0.2) is 0 Å². The highest BCUT2D eigenvalue weighted by atomic mass is 16.5. The van der Waals surface area contributed by atoms with Crippen molar-refractivity contribution >= 4 is 5.91 Å². The van der Waals surface area contributed by atoms with Gasteiger partial charge < -0.3 is 14.4 Å². The molecular formula is C14H21NO3. The number of carbonyl (C=O) groups is 1. The number of benzene rings is 1. The van der Waals surface area contributed by atoms with Gasteiger partial charge in [0.15, 0.2) is 0 Å². The lowest BCUT2D eigenvalue weighted by Crippen LogP contribution is -2.36. The molecule has 4 heteroatoms. The molecule has 0 fully saturated rings. The van der Waals surface area contributed by atoms with Crippen molar-refractivity contribution in [2.24, 2.45) is 0 Å². The Bertz CT molecular complexity index is 371. The normalized spacial score (nSPS) is 10.4. The van der Waals surface area contributed by atoms with E-state index in [4.69, 9.17) is 9.47 Å². The molecular weight excluding hydrogens is 230 g/mol. The molecule has 1 aromatic rings. The van der Waals surface area contributed by atoms with Crippen LogP contribution in [-0.2, 0) is 9.47 Å². The summed E-state index contributed by atoms with van der Waals surface area (Å²) in [6, 6.07) is 7.61. The fourth-order valence-corrected chi connectivity index (χ4v) is 1.70. The van der Waals surface area contributed by atoms with Gasteiger partial charge in [-0.05, 0) is 18.6 Å². The first kappa shape index (κ1) is 14.7. The third-order valence-electron chi connectivity index (χ3n) is 2.79. The lowest BCUT2D eigenvalue weighted by Gasteiger charge is -2.22. The Morgan fingerprint density at radius 1 is 1.11 bits per heavy atom. The number of ether oxygens (including phenoxy) is 2. The molecule has 0 saturated carbocycles. The van der Waals surface area contributed by atoms with Crippen molar-refractivity contribution in [3.63, 3.8) is 0 Å². The molecule has 0 saturated heterocycles. The Morgan fingerprint density at radius 3 is 2.17 bits per heavy atom. The third kappa shape index (κ3) is 4.13. The number of nitrogens with zero attached hydrogens (tertiary/aromatic N) is 1. The molecule has 0 spiro atoms. The number of methoxy groups -OCH3 is 2. The van der Waals surface area contributed by atoms with E-state index in [9.17, 15) is 4.79 Å². The monoisotopic (exact) mass is 251 g/mol. The molecule has 0 unspecified atom stereocenters. The number of hydrogen-bond acceptors (Lipinski definition) is 3. The first-order chi connectivity index (χ1) is 8.70. The zero-order valence-corrected chi connectivity index (χ0v) is 11.3. The van der Waals surface area contributed by atoms with Crippen LogP contribution in [0.15, 0.2) is 24.3 Å². The van der Waals surface area contributed by atoms with Crippen molar-refractivity contribution in [3.8, 4) is 0 Å². The van der Waals surface area contributed by atoms with Crippen LogP contribution < -0.4 is 0 Å². The topological polar surface area (TPSA) is 38.8 Å². The van der Waals surface area contributed by atoms with Crippen LogP contribution in [0.1, 0.15) is 15.9 Å². The van der Waals surface area contributed by atoms with Crippen LogP contribution >= 0.6 is 0 Å². The average Bonchev–Trinajstić information content (AvgIpc) is 2.39. The fourth-order valence-electron chi connectivity index (χ4n) is 1.70. The van der Waals surface area contributed by atoms with E-state index in [1.807, 2.05) is 31.2 Å². The summed E-state index contributed by atoms with van der Waals surface area (Å²) in [6.45, 7) is 4.15. The van der Waals surface area contributed by atoms with Crippen LogP contribution in [0.4, 0.5) is 0 Å². The molecule has 0 heterocycles. The van der Waals surface area contributed by atoms with Gasteiger partial charge in [-0.15, -0.1) is 0 Å². The quantitative estimate of drug-likeness (QED) is 0.741. The van der Waals surface area contributed by atoms with E-state index in [0.29, 0.717) is 26.3 Å². The summed E-state index contributed by atoms with van der Waals surface area (Å²) in [5.41, 5.74) is 1.73. The van der Waals surface area contributed by atoms with Crippen LogP contribution in [0.25, 0.3) is 0 Å². The zero-order chi connectivity index (χ0) is 13.4. The Balaban J connectivity index is 2.77. The van der Waals surface area contributed by atoms with Crippen molar-refractivity contribution in [1.82, 2.24) is 4.90 Å². The predicted molar refractivity (Wildman–Crippen MR) is 70.8 cm³/mol. The van der Waals surface area contributed by atoms with E-state index in [2.05, 4.69) is 0 Å². The van der Waals surface area contributed by atoms with Crippen molar-refractivity contribution < 1.29 is 14.3 Å². The Labute approximate surface area is 108 Å². The highest BCUT2D eigenvalue weighted by Crippen LogP contribution is 2.10. The van der Waals surface area contributed by atoms with Gasteiger partial charge in [-0.1, -0.05) is 18.2 Å². The number of carbonyl (C=O) groups excluding carboxylic acids is 1. The van der Waals surface area contributed by atoms with E-state index in [-0.39, 0.29) is 5.91 Å². The van der Waals surface area contributed by atoms with Crippen molar-refractivity contribution in [2.45, 2.75) is 6.92 Å². The number of amides is 1. The SMILES string of the molecule is COCCN(CCOC)C(=O)c1ccccc1C. The van der Waals surface area contributed by atoms with Gasteiger partial charge >= 0.3 is 0 Å². The van der Waals surface area contributed by atoms with Gasteiger partial charge in [0.05, 0.1) is 13.2 Å². The second-order valence-corrected chi connectivity index (χ2v) is 4.09. The molecule has 0 aliphatic carbocycles. The molecule has 0 aliphatic rings. The minimum atomic E-state index is 0.0298. The average molecular weight is 251 g/mol. The highest BCUT2D eigenvalue weighted by molar-refractivity contribution is 5.95. The molecule has 0 aromatic heterocycles. The minimum Gasteiger partial charge on any atom is -0.383 e. The number of aryl methyl sites for hydroxylation is 1. The summed E-state index contributed by atoms with van der Waals surface area (Å²) >= 11 is 0. The van der Waals surface area contributed by atoms with Gasteiger partial charge in [0.1, 0.15) is 0 Å². The van der Waals surface area contributed by atoms with Gasteiger partial charge in [-0.2, -0.15) is 0 Å². The summed E-state index contributed by atoms with van der Waals surface area (Å²) in [5, 5.41) is 0. The summed E-state index contributed by atoms with van der Waals surface area (Å²) in [7, 11) is 3.26. The first-order valence-electron chi connectivity index (χ1n) is 6.03. The zero-order valence-electron chi connectivity index (χ0n) is 11.3. The van der Waals surface area contributed by atoms with Crippen LogP contribution in [0.2, 0.25) is 0 Å². The molecule has 18 heavy (non-hydrogen) atoms. The van der Waals surface area contributed by atoms with Crippen LogP contribution in [0, 0.1) is 6.92 Å². The lowest BCUT2D eigenvalue weighted by molar-refractivity contribution is 0.0626. The van der Waals surface area contributed by atoms with Crippen LogP contribution in [0.3, 0.4) is 0 Å². The molecule has 1 aromatic carbocycles. The maximum Gasteiger partial charge on any atom is 0.254 e. The lowest BCUT2D eigenvalue weighted by atomic mass is 10.1. The summed E-state index contributed by atoms with van der Waals surface area (Å²) in [4.78, 5) is 14.2. The van der Waals surface area contributed by atoms with Gasteiger partial charge in [0.25, 0.3) is 5.91 Å². The Morgan fingerprint density at radius 2 is 1.67 bits per heavy atom. The van der Waals surface area contributed by atoms with Gasteiger partial charge in [0, 0.05) is 32.9 Å². The van der Waals surface area contributed by atoms with Crippen LogP contribution in [-0.4, -0.2) is 51.3 Å². The minimum absolute atomic E-state index is 0.0298. The van der Waals surface area contributed by atoms with Crippen LogP contribution in [0.5, 0.6) is 0 Å². The Kier molecular flexibility index (Phi) is 6.39. The first-order valence-corrected chi connectivity index (χ1v) is 6.03. The molecule has 100 valence electrons. The predicted octanol–water partition coefficient (Wildman–Crippen LogP) is 1.73. The molecule has 4 nitrogen and oxygen atoms in total. The molecule has 0 atom stereocenters. The van der Waals surface area contributed by atoms with Gasteiger partial charge in [0.2, 0.25) is 0 Å². The molecule has 0 aliphatic heterocycles. The highest BCUT2D eigenvalue weighted by Gasteiger charge is 2.16. The number of hydrogen-bond donors (Lipinski definition) is 0. The van der Waals surface area contributed by atoms with E-state index in [0.717, 1.165) is 11.1 Å². The van der Waals surface area contributed by atoms with Crippen molar-refractivity contribution in [3.05, 3.63) is 35.4 Å². The van der Waals surface area contributed by atoms with E-state index < -0.39 is 0 Å². The summed E-state index contributed by atoms with van der Waals surface area (Å²) in [5.74, 6) is 0.0298. The molecule has 1 amide bonds. The van der Waals surface area contributed by atoms with E-state index in [1.165, 1.54) is 0 Å². The molecule has 0 bridgehead atoms. The second-order valence-electron chi connectivity index (χ2n) is 4.09. The van der Waals surface area contributed by atoms with Crippen molar-refractivity contribution in [1.29, 1.82) is 0 Å². The van der Waals surface area contributed by atoms with Gasteiger partial charge in [-0.3, -0.25) is 4.79 Å².